The number of rotatable bonds is 6. The smallest absolute Gasteiger partial charge is 0.247 e. The first kappa shape index (κ1) is 15.1. The standard InChI is InChI=1S/C20H21N3O/c1-15-6-5-9-17(12-15)20-22-21-19(24-20)14-23(18-10-11-18)13-16-7-3-2-4-8-16/h2-9,12,18H,10-11,13-14H2,1H3. The number of aromatic nitrogens is 2. The van der Waals surface area contributed by atoms with Crippen molar-refractivity contribution in [3.8, 4) is 11.5 Å². The van der Waals surface area contributed by atoms with Crippen molar-refractivity contribution in [2.45, 2.75) is 38.9 Å². The summed E-state index contributed by atoms with van der Waals surface area (Å²) in [5, 5.41) is 8.48. The molecule has 0 radical (unpaired) electrons. The van der Waals surface area contributed by atoms with E-state index < -0.39 is 0 Å². The Balaban J connectivity index is 1.49. The first-order valence-corrected chi connectivity index (χ1v) is 8.45. The van der Waals surface area contributed by atoms with Crippen LogP contribution in [0, 0.1) is 6.92 Å². The molecule has 4 nitrogen and oxygen atoms in total. The van der Waals surface area contributed by atoms with E-state index in [-0.39, 0.29) is 0 Å². The van der Waals surface area contributed by atoms with Gasteiger partial charge in [0.1, 0.15) is 0 Å². The lowest BCUT2D eigenvalue weighted by Crippen LogP contribution is -2.25. The van der Waals surface area contributed by atoms with Crippen LogP contribution in [-0.2, 0) is 13.1 Å². The van der Waals surface area contributed by atoms with Crippen molar-refractivity contribution >= 4 is 0 Å². The summed E-state index contributed by atoms with van der Waals surface area (Å²) in [4.78, 5) is 2.43. The minimum Gasteiger partial charge on any atom is -0.419 e. The third-order valence-electron chi connectivity index (χ3n) is 4.36. The Labute approximate surface area is 142 Å². The van der Waals surface area contributed by atoms with Crippen LogP contribution in [0.3, 0.4) is 0 Å². The second kappa shape index (κ2) is 6.57. The first-order valence-electron chi connectivity index (χ1n) is 8.45. The molecule has 2 aromatic carbocycles. The number of hydrogen-bond acceptors (Lipinski definition) is 4. The molecule has 1 fully saturated rings. The lowest BCUT2D eigenvalue weighted by atomic mass is 10.1. The maximum atomic E-state index is 5.91. The molecule has 122 valence electrons. The predicted molar refractivity (Wildman–Crippen MR) is 93.2 cm³/mol. The van der Waals surface area contributed by atoms with Gasteiger partial charge in [0.15, 0.2) is 0 Å². The van der Waals surface area contributed by atoms with E-state index in [1.165, 1.54) is 24.0 Å². The maximum Gasteiger partial charge on any atom is 0.247 e. The van der Waals surface area contributed by atoms with Crippen LogP contribution in [-0.4, -0.2) is 21.1 Å². The van der Waals surface area contributed by atoms with Crippen LogP contribution in [0.2, 0.25) is 0 Å². The van der Waals surface area contributed by atoms with Crippen molar-refractivity contribution in [3.05, 3.63) is 71.6 Å². The summed E-state index contributed by atoms with van der Waals surface area (Å²) in [6.07, 6.45) is 2.51. The van der Waals surface area contributed by atoms with Crippen molar-refractivity contribution < 1.29 is 4.42 Å². The Bertz CT molecular complexity index is 809. The molecule has 24 heavy (non-hydrogen) atoms. The Morgan fingerprint density at radius 3 is 2.58 bits per heavy atom. The Kier molecular flexibility index (Phi) is 4.13. The molecule has 1 saturated carbocycles. The van der Waals surface area contributed by atoms with Gasteiger partial charge < -0.3 is 4.42 Å². The average molecular weight is 319 g/mol. The molecule has 3 aromatic rings. The fourth-order valence-corrected chi connectivity index (χ4v) is 2.96. The summed E-state index contributed by atoms with van der Waals surface area (Å²) >= 11 is 0. The topological polar surface area (TPSA) is 42.2 Å². The number of nitrogens with zero attached hydrogens (tertiary/aromatic N) is 3. The van der Waals surface area contributed by atoms with Gasteiger partial charge in [-0.3, -0.25) is 4.90 Å². The van der Waals surface area contributed by atoms with E-state index in [2.05, 4.69) is 64.5 Å². The van der Waals surface area contributed by atoms with Gasteiger partial charge in [0.2, 0.25) is 11.8 Å². The van der Waals surface area contributed by atoms with Crippen LogP contribution in [0.25, 0.3) is 11.5 Å². The van der Waals surface area contributed by atoms with Gasteiger partial charge in [0.05, 0.1) is 6.54 Å². The van der Waals surface area contributed by atoms with E-state index in [9.17, 15) is 0 Å². The second-order valence-electron chi connectivity index (χ2n) is 6.49. The van der Waals surface area contributed by atoms with Gasteiger partial charge >= 0.3 is 0 Å². The van der Waals surface area contributed by atoms with E-state index in [1.807, 2.05) is 12.1 Å². The maximum absolute atomic E-state index is 5.91. The zero-order chi connectivity index (χ0) is 16.4. The Hall–Kier alpha value is -2.46. The molecular weight excluding hydrogens is 298 g/mol. The number of aryl methyl sites for hydroxylation is 1. The van der Waals surface area contributed by atoms with Gasteiger partial charge in [0, 0.05) is 18.2 Å². The SMILES string of the molecule is Cc1cccc(-c2nnc(CN(Cc3ccccc3)C3CC3)o2)c1. The van der Waals surface area contributed by atoms with Gasteiger partial charge in [-0.1, -0.05) is 48.0 Å². The molecule has 0 unspecified atom stereocenters. The molecule has 1 aromatic heterocycles. The molecule has 0 atom stereocenters. The highest BCUT2D eigenvalue weighted by atomic mass is 16.4. The van der Waals surface area contributed by atoms with Crippen LogP contribution in [0.5, 0.6) is 0 Å². The Morgan fingerprint density at radius 2 is 1.83 bits per heavy atom. The van der Waals surface area contributed by atoms with E-state index >= 15 is 0 Å². The normalized spacial score (nSPS) is 14.2. The fourth-order valence-electron chi connectivity index (χ4n) is 2.96. The third kappa shape index (κ3) is 3.54. The van der Waals surface area contributed by atoms with E-state index in [1.54, 1.807) is 0 Å². The van der Waals surface area contributed by atoms with Crippen molar-refractivity contribution in [1.82, 2.24) is 15.1 Å². The van der Waals surface area contributed by atoms with Crippen LogP contribution >= 0.6 is 0 Å². The number of benzene rings is 2. The molecule has 4 rings (SSSR count). The molecule has 0 N–H and O–H groups in total. The third-order valence-corrected chi connectivity index (χ3v) is 4.36. The van der Waals surface area contributed by atoms with Crippen LogP contribution in [0.15, 0.2) is 59.0 Å². The van der Waals surface area contributed by atoms with E-state index in [4.69, 9.17) is 4.42 Å². The van der Waals surface area contributed by atoms with Gasteiger partial charge in [-0.2, -0.15) is 0 Å². The van der Waals surface area contributed by atoms with Crippen LogP contribution in [0.4, 0.5) is 0 Å². The molecule has 0 spiro atoms. The summed E-state index contributed by atoms with van der Waals surface area (Å²) in [5.41, 5.74) is 3.49. The second-order valence-corrected chi connectivity index (χ2v) is 6.49. The van der Waals surface area contributed by atoms with Crippen molar-refractivity contribution in [2.24, 2.45) is 0 Å². The largest absolute Gasteiger partial charge is 0.419 e. The quantitative estimate of drug-likeness (QED) is 0.682. The summed E-state index contributed by atoms with van der Waals surface area (Å²) in [6, 6.07) is 19.4. The molecule has 1 aliphatic rings. The van der Waals surface area contributed by atoms with Gasteiger partial charge in [-0.25, -0.2) is 0 Å². The molecule has 0 saturated heterocycles. The number of hydrogen-bond donors (Lipinski definition) is 0. The summed E-state index contributed by atoms with van der Waals surface area (Å²) in [6.45, 7) is 3.70. The van der Waals surface area contributed by atoms with Gasteiger partial charge in [0.25, 0.3) is 0 Å². The fraction of sp³-hybridized carbons (Fsp3) is 0.300. The Morgan fingerprint density at radius 1 is 1.00 bits per heavy atom. The monoisotopic (exact) mass is 319 g/mol. The average Bonchev–Trinajstić information content (AvgIpc) is 3.35. The van der Waals surface area contributed by atoms with Gasteiger partial charge in [-0.15, -0.1) is 10.2 Å². The zero-order valence-corrected chi connectivity index (χ0v) is 13.9. The molecule has 0 aliphatic heterocycles. The highest BCUT2D eigenvalue weighted by Crippen LogP contribution is 2.30. The summed E-state index contributed by atoms with van der Waals surface area (Å²) < 4.78 is 5.91. The predicted octanol–water partition coefficient (Wildman–Crippen LogP) is 4.21. The van der Waals surface area contributed by atoms with Crippen molar-refractivity contribution in [1.29, 1.82) is 0 Å². The van der Waals surface area contributed by atoms with Crippen molar-refractivity contribution in [3.63, 3.8) is 0 Å². The lowest BCUT2D eigenvalue weighted by Gasteiger charge is -2.19. The van der Waals surface area contributed by atoms with E-state index in [0.29, 0.717) is 24.4 Å². The van der Waals surface area contributed by atoms with Crippen molar-refractivity contribution in [2.75, 3.05) is 0 Å². The van der Waals surface area contributed by atoms with Crippen LogP contribution in [0.1, 0.15) is 29.9 Å². The molecular formula is C20H21N3O. The zero-order valence-electron chi connectivity index (χ0n) is 13.9. The minimum atomic E-state index is 0.601. The van der Waals surface area contributed by atoms with Gasteiger partial charge in [-0.05, 0) is 37.5 Å². The molecule has 0 amide bonds. The molecule has 0 bridgehead atoms. The first-order chi connectivity index (χ1) is 11.8. The molecule has 4 heteroatoms. The summed E-state index contributed by atoms with van der Waals surface area (Å²) in [5.74, 6) is 1.29. The highest BCUT2D eigenvalue weighted by Gasteiger charge is 2.30. The van der Waals surface area contributed by atoms with Crippen LogP contribution < -0.4 is 0 Å². The summed E-state index contributed by atoms with van der Waals surface area (Å²) in [7, 11) is 0. The molecule has 1 heterocycles. The minimum absolute atomic E-state index is 0.601. The van der Waals surface area contributed by atoms with E-state index in [0.717, 1.165) is 12.1 Å². The lowest BCUT2D eigenvalue weighted by molar-refractivity contribution is 0.221. The molecule has 1 aliphatic carbocycles. The highest BCUT2D eigenvalue weighted by molar-refractivity contribution is 5.53.